The predicted molar refractivity (Wildman–Crippen MR) is 30.7 cm³/mol. The van der Waals surface area contributed by atoms with Crippen LogP contribution in [0.2, 0.25) is 0 Å². The van der Waals surface area contributed by atoms with Gasteiger partial charge in [-0.25, -0.2) is 0 Å². The van der Waals surface area contributed by atoms with Gasteiger partial charge in [0.25, 0.3) is 0 Å². The van der Waals surface area contributed by atoms with Crippen LogP contribution in [0.5, 0.6) is 0 Å². The first kappa shape index (κ1) is 4.98. The van der Waals surface area contributed by atoms with E-state index in [1.54, 1.807) is 4.78 Å². The van der Waals surface area contributed by atoms with Gasteiger partial charge >= 0.3 is 0 Å². The first-order valence-corrected chi connectivity index (χ1v) is 2.73. The van der Waals surface area contributed by atoms with E-state index in [1.807, 2.05) is 6.92 Å². The minimum Gasteiger partial charge on any atom is -0.262 e. The van der Waals surface area contributed by atoms with E-state index in [1.165, 1.54) is 0 Å². The van der Waals surface area contributed by atoms with Gasteiger partial charge in [0.05, 0.1) is 12.6 Å². The standard InChI is InChI=1S/C3H8N3P/c1-3-2-6(7)5-4-3/h3H,2,7H2,1H3. The van der Waals surface area contributed by atoms with Crippen molar-refractivity contribution in [2.75, 3.05) is 6.54 Å². The summed E-state index contributed by atoms with van der Waals surface area (Å²) in [6.45, 7) is 2.97. The first-order valence-electron chi connectivity index (χ1n) is 2.22. The highest BCUT2D eigenvalue weighted by molar-refractivity contribution is 7.13. The zero-order chi connectivity index (χ0) is 5.28. The van der Waals surface area contributed by atoms with Gasteiger partial charge in [0.2, 0.25) is 0 Å². The van der Waals surface area contributed by atoms with Crippen LogP contribution in [0.15, 0.2) is 10.3 Å². The summed E-state index contributed by atoms with van der Waals surface area (Å²) in [6, 6.07) is 0.387. The van der Waals surface area contributed by atoms with Crippen LogP contribution in [0.4, 0.5) is 0 Å². The summed E-state index contributed by atoms with van der Waals surface area (Å²) in [5.41, 5.74) is 0. The second kappa shape index (κ2) is 1.74. The molecule has 0 fully saturated rings. The van der Waals surface area contributed by atoms with Gasteiger partial charge in [-0.05, 0) is 16.3 Å². The Morgan fingerprint density at radius 3 is 2.71 bits per heavy atom. The van der Waals surface area contributed by atoms with E-state index in [2.05, 4.69) is 19.7 Å². The van der Waals surface area contributed by atoms with E-state index in [0.29, 0.717) is 6.04 Å². The minimum atomic E-state index is 0.387. The normalized spacial score (nSPS) is 29.4. The molecule has 0 N–H and O–H groups in total. The molecule has 3 nitrogen and oxygen atoms in total. The van der Waals surface area contributed by atoms with Gasteiger partial charge in [0.1, 0.15) is 0 Å². The molecule has 0 bridgehead atoms. The summed E-state index contributed by atoms with van der Waals surface area (Å²) in [7, 11) is 2.47. The van der Waals surface area contributed by atoms with Crippen molar-refractivity contribution in [1.82, 2.24) is 4.78 Å². The summed E-state index contributed by atoms with van der Waals surface area (Å²) in [5, 5.41) is 7.59. The molecule has 0 saturated carbocycles. The molecule has 0 amide bonds. The average molecular weight is 117 g/mol. The van der Waals surface area contributed by atoms with Crippen molar-refractivity contribution in [3.8, 4) is 0 Å². The van der Waals surface area contributed by atoms with E-state index < -0.39 is 0 Å². The maximum atomic E-state index is 3.85. The van der Waals surface area contributed by atoms with Crippen molar-refractivity contribution in [2.24, 2.45) is 10.3 Å². The van der Waals surface area contributed by atoms with Gasteiger partial charge in [0, 0.05) is 0 Å². The second-order valence-corrected chi connectivity index (χ2v) is 2.27. The molecule has 0 aromatic carbocycles. The summed E-state index contributed by atoms with van der Waals surface area (Å²) >= 11 is 0. The van der Waals surface area contributed by atoms with Gasteiger partial charge in [0.15, 0.2) is 0 Å². The molecule has 40 valence electrons. The summed E-state index contributed by atoms with van der Waals surface area (Å²) in [6.07, 6.45) is 0. The summed E-state index contributed by atoms with van der Waals surface area (Å²) < 4.78 is 1.75. The van der Waals surface area contributed by atoms with Crippen molar-refractivity contribution in [3.63, 3.8) is 0 Å². The monoisotopic (exact) mass is 117 g/mol. The molecule has 1 heterocycles. The second-order valence-electron chi connectivity index (χ2n) is 1.68. The molecule has 1 aliphatic heterocycles. The third-order valence-corrected chi connectivity index (χ3v) is 1.13. The maximum absolute atomic E-state index is 3.85. The Labute approximate surface area is 45.0 Å². The number of hydrogen-bond acceptors (Lipinski definition) is 3. The van der Waals surface area contributed by atoms with Crippen LogP contribution in [0.3, 0.4) is 0 Å². The minimum absolute atomic E-state index is 0.387. The Morgan fingerprint density at radius 1 is 1.86 bits per heavy atom. The highest BCUT2D eigenvalue weighted by Crippen LogP contribution is 2.10. The molecule has 0 radical (unpaired) electrons. The Kier molecular flexibility index (Phi) is 1.24. The number of rotatable bonds is 0. The number of hydrogen-bond donors (Lipinski definition) is 0. The molecule has 2 atom stereocenters. The Hall–Kier alpha value is -0.170. The fraction of sp³-hybridized carbons (Fsp3) is 1.00. The average Bonchev–Trinajstić information content (AvgIpc) is 1.87. The Balaban J connectivity index is 2.42. The smallest absolute Gasteiger partial charge is 0.0896 e. The van der Waals surface area contributed by atoms with Crippen LogP contribution in [-0.4, -0.2) is 17.4 Å². The molecule has 4 heteroatoms. The van der Waals surface area contributed by atoms with Gasteiger partial charge in [-0.1, -0.05) is 5.22 Å². The van der Waals surface area contributed by atoms with Gasteiger partial charge in [-0.3, -0.25) is 4.78 Å². The van der Waals surface area contributed by atoms with Crippen molar-refractivity contribution >= 4 is 9.39 Å². The van der Waals surface area contributed by atoms with Gasteiger partial charge in [-0.15, -0.1) is 0 Å². The molecule has 1 rings (SSSR count). The summed E-state index contributed by atoms with van der Waals surface area (Å²) in [4.78, 5) is 0. The first-order chi connectivity index (χ1) is 3.29. The zero-order valence-corrected chi connectivity index (χ0v) is 5.36. The van der Waals surface area contributed by atoms with E-state index in [4.69, 9.17) is 0 Å². The molecule has 0 aromatic rings. The third kappa shape index (κ3) is 1.10. The lowest BCUT2D eigenvalue weighted by molar-refractivity contribution is 0.538. The van der Waals surface area contributed by atoms with Crippen LogP contribution >= 0.6 is 9.39 Å². The van der Waals surface area contributed by atoms with Crippen LogP contribution in [0, 0.1) is 0 Å². The van der Waals surface area contributed by atoms with E-state index in [9.17, 15) is 0 Å². The molecular formula is C3H8N3P. The van der Waals surface area contributed by atoms with Crippen LogP contribution < -0.4 is 0 Å². The molecule has 0 saturated heterocycles. The van der Waals surface area contributed by atoms with Crippen LogP contribution in [0.1, 0.15) is 6.92 Å². The van der Waals surface area contributed by atoms with E-state index in [0.717, 1.165) is 6.54 Å². The Morgan fingerprint density at radius 2 is 2.57 bits per heavy atom. The number of nitrogens with zero attached hydrogens (tertiary/aromatic N) is 3. The highest BCUT2D eigenvalue weighted by Gasteiger charge is 2.08. The fourth-order valence-corrected chi connectivity index (χ4v) is 0.863. The SMILES string of the molecule is CC1CN(P)N=N1. The quantitative estimate of drug-likeness (QED) is 0.432. The fourth-order valence-electron chi connectivity index (χ4n) is 0.498. The van der Waals surface area contributed by atoms with Crippen molar-refractivity contribution in [3.05, 3.63) is 0 Å². The van der Waals surface area contributed by atoms with E-state index in [-0.39, 0.29) is 0 Å². The molecule has 0 aliphatic carbocycles. The molecule has 0 spiro atoms. The highest BCUT2D eigenvalue weighted by atomic mass is 31.0. The van der Waals surface area contributed by atoms with Crippen LogP contribution in [0.25, 0.3) is 0 Å². The lowest BCUT2D eigenvalue weighted by Crippen LogP contribution is -2.07. The maximum Gasteiger partial charge on any atom is 0.0896 e. The summed E-state index contributed by atoms with van der Waals surface area (Å²) in [5.74, 6) is 0. The molecule has 2 unspecified atom stereocenters. The molecule has 1 aliphatic rings. The van der Waals surface area contributed by atoms with Crippen LogP contribution in [-0.2, 0) is 0 Å². The van der Waals surface area contributed by atoms with Crippen molar-refractivity contribution in [1.29, 1.82) is 0 Å². The van der Waals surface area contributed by atoms with Gasteiger partial charge < -0.3 is 0 Å². The third-order valence-electron chi connectivity index (χ3n) is 0.815. The lowest BCUT2D eigenvalue weighted by atomic mass is 10.4. The molecule has 7 heavy (non-hydrogen) atoms. The zero-order valence-electron chi connectivity index (χ0n) is 4.20. The lowest BCUT2D eigenvalue weighted by Gasteiger charge is -2.00. The van der Waals surface area contributed by atoms with Crippen molar-refractivity contribution in [2.45, 2.75) is 13.0 Å². The van der Waals surface area contributed by atoms with Gasteiger partial charge in [-0.2, -0.15) is 5.11 Å². The van der Waals surface area contributed by atoms with E-state index >= 15 is 0 Å². The molecule has 0 aromatic heterocycles. The van der Waals surface area contributed by atoms with Crippen molar-refractivity contribution < 1.29 is 0 Å². The molecular weight excluding hydrogens is 109 g/mol. The largest absolute Gasteiger partial charge is 0.262 e. The Bertz CT molecular complexity index is 82.2. The predicted octanol–water partition coefficient (Wildman–Crippen LogP) is 0.848. The topological polar surface area (TPSA) is 28.0 Å².